The quantitative estimate of drug-likeness (QED) is 0.372. The second-order valence-electron chi connectivity index (χ2n) is 3.92. The molecule has 0 aromatic heterocycles. The van der Waals surface area contributed by atoms with Gasteiger partial charge < -0.3 is 59.5 Å². The van der Waals surface area contributed by atoms with Crippen LogP contribution < -0.4 is 0 Å². The van der Waals surface area contributed by atoms with Crippen molar-refractivity contribution in [2.45, 2.75) is 25.7 Å². The first-order valence-corrected chi connectivity index (χ1v) is 7.16. The van der Waals surface area contributed by atoms with Crippen LogP contribution in [0.4, 0.5) is 0 Å². The third-order valence-electron chi connectivity index (χ3n) is 2.73. The van der Waals surface area contributed by atoms with Gasteiger partial charge in [0.15, 0.2) is 0 Å². The Morgan fingerprint density at radius 1 is 0.706 bits per heavy atom. The van der Waals surface area contributed by atoms with E-state index in [0.717, 1.165) is 26.2 Å². The van der Waals surface area contributed by atoms with Crippen LogP contribution in [0.3, 0.4) is 0 Å². The molecular formula is C10H16FeN2S4. The van der Waals surface area contributed by atoms with Crippen molar-refractivity contribution in [3.63, 3.8) is 0 Å². The fourth-order valence-corrected chi connectivity index (χ4v) is 2.53. The Labute approximate surface area is 136 Å². The summed E-state index contributed by atoms with van der Waals surface area (Å²) in [5.74, 6) is 0. The molecule has 2 aliphatic heterocycles. The van der Waals surface area contributed by atoms with E-state index < -0.39 is 0 Å². The number of likely N-dealkylation sites (tertiary alicyclic amines) is 2. The molecule has 2 nitrogen and oxygen atoms in total. The molecule has 17 heavy (non-hydrogen) atoms. The largest absolute Gasteiger partial charge is 2.00 e. The van der Waals surface area contributed by atoms with Gasteiger partial charge in [0.25, 0.3) is 0 Å². The Bertz CT molecular complexity index is 225. The van der Waals surface area contributed by atoms with E-state index in [2.05, 4.69) is 9.80 Å². The third kappa shape index (κ3) is 7.03. The van der Waals surface area contributed by atoms with Crippen LogP contribution >= 0.6 is 24.4 Å². The van der Waals surface area contributed by atoms with Gasteiger partial charge in [-0.15, -0.1) is 0 Å². The molecule has 0 amide bonds. The Morgan fingerprint density at radius 2 is 0.941 bits per heavy atom. The van der Waals surface area contributed by atoms with Gasteiger partial charge in [0, 0.05) is 26.2 Å². The van der Waals surface area contributed by atoms with Crippen LogP contribution in [0.25, 0.3) is 0 Å². The molecule has 2 saturated heterocycles. The van der Waals surface area contributed by atoms with Gasteiger partial charge in [-0.2, -0.15) is 0 Å². The Balaban J connectivity index is 0.000000284. The topological polar surface area (TPSA) is 6.48 Å². The second kappa shape index (κ2) is 9.64. The molecule has 0 aliphatic carbocycles. The first-order valence-electron chi connectivity index (χ1n) is 5.53. The summed E-state index contributed by atoms with van der Waals surface area (Å²) in [5.41, 5.74) is 0. The standard InChI is InChI=1S/2C5H9NS2.Fe/c2*7-5(8)6-3-1-2-4-6;/h2*1-4H2,(H,7,8);/q;;+2/p-2. The molecule has 98 valence electrons. The Morgan fingerprint density at radius 3 is 1.06 bits per heavy atom. The minimum absolute atomic E-state index is 0. The molecule has 0 unspecified atom stereocenters. The summed E-state index contributed by atoms with van der Waals surface area (Å²) >= 11 is 19.2. The molecule has 0 N–H and O–H groups in total. The van der Waals surface area contributed by atoms with Crippen molar-refractivity contribution in [1.29, 1.82) is 0 Å². The van der Waals surface area contributed by atoms with Crippen LogP contribution in [-0.4, -0.2) is 44.6 Å². The normalized spacial score (nSPS) is 18.1. The summed E-state index contributed by atoms with van der Waals surface area (Å²) in [7, 11) is 0. The smallest absolute Gasteiger partial charge is 0.411 e. The van der Waals surface area contributed by atoms with Gasteiger partial charge in [0.05, 0.1) is 0 Å². The van der Waals surface area contributed by atoms with Crippen molar-refractivity contribution < 1.29 is 17.1 Å². The SMILES string of the molecule is S=C([S-])N1CCCC1.S=C([S-])N1CCCC1.[Fe+2]. The van der Waals surface area contributed by atoms with Gasteiger partial charge >= 0.3 is 17.1 Å². The molecule has 0 aromatic rings. The molecule has 2 fully saturated rings. The van der Waals surface area contributed by atoms with Crippen LogP contribution in [0.1, 0.15) is 25.7 Å². The zero-order chi connectivity index (χ0) is 12.0. The molecule has 2 aliphatic rings. The van der Waals surface area contributed by atoms with Crippen LogP contribution in [0.5, 0.6) is 0 Å². The molecule has 7 heteroatoms. The van der Waals surface area contributed by atoms with E-state index in [0.29, 0.717) is 8.64 Å². The summed E-state index contributed by atoms with van der Waals surface area (Å²) in [6.45, 7) is 4.34. The molecular weight excluding hydrogens is 332 g/mol. The van der Waals surface area contributed by atoms with E-state index in [1.807, 2.05) is 0 Å². The van der Waals surface area contributed by atoms with Gasteiger partial charge in [-0.3, -0.25) is 0 Å². The molecule has 2 heterocycles. The molecule has 0 bridgehead atoms. The minimum Gasteiger partial charge on any atom is -0.411 e. The van der Waals surface area contributed by atoms with Gasteiger partial charge in [-0.05, 0) is 25.7 Å². The number of rotatable bonds is 0. The molecule has 0 radical (unpaired) electrons. The molecule has 0 spiro atoms. The summed E-state index contributed by atoms with van der Waals surface area (Å²) in [4.78, 5) is 4.15. The summed E-state index contributed by atoms with van der Waals surface area (Å²) in [5, 5.41) is 0. The predicted octanol–water partition coefficient (Wildman–Crippen LogP) is 1.83. The Hall–Kier alpha value is 0.739. The number of hydrogen-bond donors (Lipinski definition) is 0. The van der Waals surface area contributed by atoms with Crippen LogP contribution in [0, 0.1) is 0 Å². The van der Waals surface area contributed by atoms with Gasteiger partial charge in [-0.1, -0.05) is 8.64 Å². The van der Waals surface area contributed by atoms with Crippen LogP contribution in [-0.2, 0) is 42.3 Å². The molecule has 0 atom stereocenters. The zero-order valence-corrected chi connectivity index (χ0v) is 13.9. The van der Waals surface area contributed by atoms with E-state index in [-0.39, 0.29) is 17.1 Å². The van der Waals surface area contributed by atoms with Gasteiger partial charge in [0.2, 0.25) is 0 Å². The van der Waals surface area contributed by atoms with Crippen molar-refractivity contribution >= 4 is 58.3 Å². The van der Waals surface area contributed by atoms with E-state index in [4.69, 9.17) is 49.7 Å². The summed E-state index contributed by atoms with van der Waals surface area (Å²) < 4.78 is 1.28. The fraction of sp³-hybridized carbons (Fsp3) is 0.800. The van der Waals surface area contributed by atoms with Gasteiger partial charge in [-0.25, -0.2) is 0 Å². The van der Waals surface area contributed by atoms with Crippen molar-refractivity contribution in [3.05, 3.63) is 0 Å². The van der Waals surface area contributed by atoms with Crippen LogP contribution in [0.2, 0.25) is 0 Å². The van der Waals surface area contributed by atoms with Crippen molar-refractivity contribution in [1.82, 2.24) is 9.80 Å². The molecule has 2 rings (SSSR count). The van der Waals surface area contributed by atoms with Crippen molar-refractivity contribution in [2.24, 2.45) is 0 Å². The predicted molar refractivity (Wildman–Crippen MR) is 81.5 cm³/mol. The second-order valence-corrected chi connectivity index (χ2v) is 5.98. The maximum atomic E-state index is 4.80. The number of thiocarbonyl (C=S) groups is 2. The zero-order valence-electron chi connectivity index (χ0n) is 9.54. The van der Waals surface area contributed by atoms with E-state index in [1.54, 1.807) is 0 Å². The summed E-state index contributed by atoms with van der Waals surface area (Å²) in [6.07, 6.45) is 5.04. The number of hydrogen-bond acceptors (Lipinski definition) is 4. The van der Waals surface area contributed by atoms with E-state index >= 15 is 0 Å². The maximum absolute atomic E-state index is 4.80. The van der Waals surface area contributed by atoms with Crippen molar-refractivity contribution in [2.75, 3.05) is 26.2 Å². The average Bonchev–Trinajstić information content (AvgIpc) is 2.93. The first-order chi connectivity index (χ1) is 7.61. The average molecular weight is 348 g/mol. The molecule has 0 aromatic carbocycles. The van der Waals surface area contributed by atoms with E-state index in [1.165, 1.54) is 25.7 Å². The van der Waals surface area contributed by atoms with Crippen LogP contribution in [0.15, 0.2) is 0 Å². The fourth-order valence-electron chi connectivity index (χ4n) is 1.80. The minimum atomic E-state index is 0. The van der Waals surface area contributed by atoms with Crippen molar-refractivity contribution in [3.8, 4) is 0 Å². The Kier molecular flexibility index (Phi) is 10.1. The van der Waals surface area contributed by atoms with Gasteiger partial charge in [0.1, 0.15) is 0 Å². The maximum Gasteiger partial charge on any atom is 2.00 e. The summed E-state index contributed by atoms with van der Waals surface area (Å²) in [6, 6.07) is 0. The monoisotopic (exact) mass is 348 g/mol. The number of nitrogens with zero attached hydrogens (tertiary/aromatic N) is 2. The molecule has 0 saturated carbocycles. The first kappa shape index (κ1) is 17.7. The third-order valence-corrected chi connectivity index (χ3v) is 3.76. The van der Waals surface area contributed by atoms with E-state index in [9.17, 15) is 0 Å².